The van der Waals surface area contributed by atoms with E-state index >= 15 is 0 Å². The Kier molecular flexibility index (Phi) is 9.68. The van der Waals surface area contributed by atoms with Gasteiger partial charge in [-0.1, -0.05) is 23.7 Å². The van der Waals surface area contributed by atoms with E-state index in [-0.39, 0.29) is 43.0 Å². The van der Waals surface area contributed by atoms with Crippen molar-refractivity contribution >= 4 is 46.0 Å². The van der Waals surface area contributed by atoms with Crippen molar-refractivity contribution < 1.29 is 23.9 Å². The number of nitrogens with zero attached hydrogens (tertiary/aromatic N) is 3. The number of aromatic nitrogens is 1. The van der Waals surface area contributed by atoms with Crippen LogP contribution >= 0.6 is 11.6 Å². The third-order valence-corrected chi connectivity index (χ3v) is 7.21. The number of likely N-dealkylation sites (tertiary alicyclic amines) is 2. The number of H-pyrrole nitrogens is 1. The Hall–Kier alpha value is -3.75. The van der Waals surface area contributed by atoms with E-state index in [4.69, 9.17) is 21.1 Å². The van der Waals surface area contributed by atoms with Crippen molar-refractivity contribution in [3.63, 3.8) is 0 Å². The number of hydrogen-bond acceptors (Lipinski definition) is 8. The molecule has 11 nitrogen and oxygen atoms in total. The first-order valence-electron chi connectivity index (χ1n) is 13.1. The van der Waals surface area contributed by atoms with Gasteiger partial charge in [-0.15, -0.1) is 0 Å². The van der Waals surface area contributed by atoms with Crippen molar-refractivity contribution in [1.29, 1.82) is 5.26 Å². The van der Waals surface area contributed by atoms with Gasteiger partial charge in [0.15, 0.2) is 5.57 Å². The van der Waals surface area contributed by atoms with E-state index in [1.54, 1.807) is 28.1 Å². The molecule has 2 amide bonds. The Labute approximate surface area is 232 Å². The second kappa shape index (κ2) is 13.4. The monoisotopic (exact) mass is 556 g/mol. The molecule has 2 aliphatic rings. The summed E-state index contributed by atoms with van der Waals surface area (Å²) in [5, 5.41) is 17.5. The lowest BCUT2D eigenvalue weighted by atomic mass is 10.1. The number of halogens is 1. The topological polar surface area (TPSA) is 140 Å². The fourth-order valence-corrected chi connectivity index (χ4v) is 5.04. The van der Waals surface area contributed by atoms with Crippen LogP contribution in [0.2, 0.25) is 5.02 Å². The number of fused-ring (bicyclic) bond motifs is 1. The minimum absolute atomic E-state index is 0.00788. The number of esters is 1. The van der Waals surface area contributed by atoms with Crippen molar-refractivity contribution in [3.05, 3.63) is 40.8 Å². The number of rotatable bonds is 10. The number of carbonyl (C=O) groups excluding carboxylic acids is 3. The molecular formula is C27H33ClN6O5. The second-order valence-electron chi connectivity index (χ2n) is 9.52. The standard InChI is InChI=1S/C27H33ClN6O5/c1-38-13-14-39-27(37)19(15-29)25(31-21-9-6-7-18-20(28)16-30-24(18)21)32-22-8-2-3-12-34(26(22)36)17-23(35)33-10-4-5-11-33/h6-7,9,16,22,30-32H,2-5,8,10-14,17H2,1H3/b25-19-/t22-/m0/s1. The fraction of sp³-hybridized carbons (Fsp3) is 0.481. The number of aromatic amines is 1. The van der Waals surface area contributed by atoms with Crippen LogP contribution in [0.4, 0.5) is 5.69 Å². The van der Waals surface area contributed by atoms with Crippen LogP contribution in [-0.4, -0.2) is 85.1 Å². The van der Waals surface area contributed by atoms with Crippen molar-refractivity contribution in [3.8, 4) is 6.07 Å². The zero-order chi connectivity index (χ0) is 27.8. The third-order valence-electron chi connectivity index (χ3n) is 6.90. The molecule has 0 unspecified atom stereocenters. The highest BCUT2D eigenvalue weighted by atomic mass is 35.5. The van der Waals surface area contributed by atoms with Crippen LogP contribution in [0.5, 0.6) is 0 Å². The van der Waals surface area contributed by atoms with Gasteiger partial charge in [-0.3, -0.25) is 9.59 Å². The van der Waals surface area contributed by atoms with Crippen LogP contribution in [0.15, 0.2) is 35.8 Å². The van der Waals surface area contributed by atoms with Crippen LogP contribution in [0, 0.1) is 11.3 Å². The third kappa shape index (κ3) is 6.82. The molecule has 0 aliphatic carbocycles. The lowest BCUT2D eigenvalue weighted by Crippen LogP contribution is -2.49. The van der Waals surface area contributed by atoms with E-state index in [1.807, 2.05) is 12.1 Å². The molecule has 1 aromatic carbocycles. The van der Waals surface area contributed by atoms with Crippen molar-refractivity contribution in [2.24, 2.45) is 0 Å². The summed E-state index contributed by atoms with van der Waals surface area (Å²) >= 11 is 6.28. The number of methoxy groups -OCH3 is 1. The maximum Gasteiger partial charge on any atom is 0.352 e. The van der Waals surface area contributed by atoms with E-state index in [9.17, 15) is 19.6 Å². The summed E-state index contributed by atoms with van der Waals surface area (Å²) in [7, 11) is 1.48. The van der Waals surface area contributed by atoms with E-state index in [0.29, 0.717) is 42.3 Å². The molecule has 3 heterocycles. The molecule has 2 fully saturated rings. The molecule has 0 radical (unpaired) electrons. The molecule has 2 saturated heterocycles. The normalized spacial score (nSPS) is 18.4. The predicted octanol–water partition coefficient (Wildman–Crippen LogP) is 2.75. The molecule has 0 spiro atoms. The number of amides is 2. The Morgan fingerprint density at radius 1 is 1.18 bits per heavy atom. The maximum atomic E-state index is 13.6. The highest BCUT2D eigenvalue weighted by molar-refractivity contribution is 6.35. The average molecular weight is 557 g/mol. The number of hydrogen-bond donors (Lipinski definition) is 3. The zero-order valence-electron chi connectivity index (χ0n) is 21.9. The summed E-state index contributed by atoms with van der Waals surface area (Å²) < 4.78 is 10.2. The molecule has 1 atom stereocenters. The van der Waals surface area contributed by atoms with Gasteiger partial charge in [0.05, 0.1) is 29.4 Å². The summed E-state index contributed by atoms with van der Waals surface area (Å²) in [4.78, 5) is 45.7. The SMILES string of the molecule is COCCOC(=O)/C(C#N)=C(/Nc1cccc2c(Cl)c[nH]c12)N[C@H]1CCCCN(CC(=O)N2CCCC2)C1=O. The fourth-order valence-electron chi connectivity index (χ4n) is 4.82. The van der Waals surface area contributed by atoms with Crippen molar-refractivity contribution in [2.75, 3.05) is 51.8 Å². The molecule has 0 saturated carbocycles. The minimum Gasteiger partial charge on any atom is -0.459 e. The van der Waals surface area contributed by atoms with Crippen LogP contribution in [0.3, 0.4) is 0 Å². The van der Waals surface area contributed by atoms with Gasteiger partial charge in [-0.05, 0) is 38.2 Å². The van der Waals surface area contributed by atoms with E-state index < -0.39 is 12.0 Å². The number of ether oxygens (including phenoxy) is 2. The molecule has 3 N–H and O–H groups in total. The van der Waals surface area contributed by atoms with Gasteiger partial charge in [0.25, 0.3) is 0 Å². The van der Waals surface area contributed by atoms with Gasteiger partial charge in [-0.2, -0.15) is 5.26 Å². The molecule has 0 bridgehead atoms. The van der Waals surface area contributed by atoms with Gasteiger partial charge in [0, 0.05) is 38.3 Å². The molecule has 12 heteroatoms. The van der Waals surface area contributed by atoms with Crippen molar-refractivity contribution in [1.82, 2.24) is 20.1 Å². The number of nitriles is 1. The molecule has 39 heavy (non-hydrogen) atoms. The average Bonchev–Trinajstić information content (AvgIpc) is 3.57. The number of carbonyl (C=O) groups is 3. The van der Waals surface area contributed by atoms with E-state index in [2.05, 4.69) is 15.6 Å². The zero-order valence-corrected chi connectivity index (χ0v) is 22.7. The Morgan fingerprint density at radius 2 is 1.95 bits per heavy atom. The summed E-state index contributed by atoms with van der Waals surface area (Å²) in [6.07, 6.45) is 5.53. The largest absolute Gasteiger partial charge is 0.459 e. The summed E-state index contributed by atoms with van der Waals surface area (Å²) in [6.45, 7) is 2.03. The smallest absolute Gasteiger partial charge is 0.352 e. The first-order valence-corrected chi connectivity index (χ1v) is 13.5. The Morgan fingerprint density at radius 3 is 2.69 bits per heavy atom. The van der Waals surface area contributed by atoms with Crippen LogP contribution in [0.25, 0.3) is 10.9 Å². The first kappa shape index (κ1) is 28.3. The lowest BCUT2D eigenvalue weighted by Gasteiger charge is -2.28. The van der Waals surface area contributed by atoms with Crippen LogP contribution < -0.4 is 10.6 Å². The van der Waals surface area contributed by atoms with Gasteiger partial charge in [-0.25, -0.2) is 4.79 Å². The number of para-hydroxylation sites is 1. The summed E-state index contributed by atoms with van der Waals surface area (Å²) in [5.74, 6) is -1.15. The second-order valence-corrected chi connectivity index (χ2v) is 9.93. The molecule has 2 aromatic rings. The number of anilines is 1. The molecule has 208 valence electrons. The Balaban J connectivity index is 1.62. The quantitative estimate of drug-likeness (QED) is 0.176. The highest BCUT2D eigenvalue weighted by Crippen LogP contribution is 2.29. The van der Waals surface area contributed by atoms with Crippen molar-refractivity contribution in [2.45, 2.75) is 38.1 Å². The molecule has 4 rings (SSSR count). The van der Waals surface area contributed by atoms with Gasteiger partial charge in [0.2, 0.25) is 11.8 Å². The maximum absolute atomic E-state index is 13.6. The lowest BCUT2D eigenvalue weighted by molar-refractivity contribution is -0.140. The van der Waals surface area contributed by atoms with Gasteiger partial charge < -0.3 is 34.9 Å². The van der Waals surface area contributed by atoms with E-state index in [1.165, 1.54) is 7.11 Å². The summed E-state index contributed by atoms with van der Waals surface area (Å²) in [5.41, 5.74) is 0.885. The molecule has 2 aliphatic heterocycles. The van der Waals surface area contributed by atoms with E-state index in [0.717, 1.165) is 31.1 Å². The van der Waals surface area contributed by atoms with Crippen LogP contribution in [0.1, 0.15) is 32.1 Å². The minimum atomic E-state index is -0.858. The Bertz CT molecular complexity index is 1280. The first-order chi connectivity index (χ1) is 18.9. The van der Waals surface area contributed by atoms with Crippen LogP contribution in [-0.2, 0) is 23.9 Å². The molecule has 1 aromatic heterocycles. The summed E-state index contributed by atoms with van der Waals surface area (Å²) in [6, 6.07) is 6.54. The number of benzene rings is 1. The highest BCUT2D eigenvalue weighted by Gasteiger charge is 2.32. The van der Waals surface area contributed by atoms with Gasteiger partial charge >= 0.3 is 5.97 Å². The predicted molar refractivity (Wildman–Crippen MR) is 146 cm³/mol. The van der Waals surface area contributed by atoms with Gasteiger partial charge in [0.1, 0.15) is 24.5 Å². The number of nitrogens with one attached hydrogen (secondary N) is 3. The molecular weight excluding hydrogens is 524 g/mol.